The highest BCUT2D eigenvalue weighted by Crippen LogP contribution is 2.20. The smallest absolute Gasteiger partial charge is 0.330 e. The standard InChI is InChI=1S/C22H23N5O2S/c1-2-13-24-22(30)26(14-16-9-5-3-6-10-16)18-19(23)27(21(29)25-20(18)28)15-17-11-7-4-8-12-17/h2-12H,1,13-15,23H2,(H,24,30)(H,25,28,29). The van der Waals surface area contributed by atoms with Crippen molar-refractivity contribution in [3.8, 4) is 0 Å². The van der Waals surface area contributed by atoms with Crippen molar-refractivity contribution in [2.45, 2.75) is 13.1 Å². The van der Waals surface area contributed by atoms with E-state index in [4.69, 9.17) is 18.0 Å². The van der Waals surface area contributed by atoms with Crippen LogP contribution in [0.2, 0.25) is 0 Å². The highest BCUT2D eigenvalue weighted by atomic mass is 32.1. The van der Waals surface area contributed by atoms with Gasteiger partial charge in [-0.15, -0.1) is 6.58 Å². The molecule has 3 aromatic rings. The number of anilines is 2. The van der Waals surface area contributed by atoms with Gasteiger partial charge in [-0.2, -0.15) is 0 Å². The fourth-order valence-corrected chi connectivity index (χ4v) is 3.27. The summed E-state index contributed by atoms with van der Waals surface area (Å²) in [4.78, 5) is 29.2. The van der Waals surface area contributed by atoms with E-state index in [0.717, 1.165) is 11.1 Å². The summed E-state index contributed by atoms with van der Waals surface area (Å²) in [5.74, 6) is 0.0475. The SMILES string of the molecule is C=CCNC(=S)N(Cc1ccccc1)c1c(N)n(Cc2ccccc2)c(=O)[nH]c1=O. The van der Waals surface area contributed by atoms with Crippen LogP contribution in [0.1, 0.15) is 11.1 Å². The molecular formula is C22H23N5O2S. The zero-order valence-electron chi connectivity index (χ0n) is 16.4. The van der Waals surface area contributed by atoms with Crippen LogP contribution in [0.4, 0.5) is 11.5 Å². The van der Waals surface area contributed by atoms with Gasteiger partial charge >= 0.3 is 5.69 Å². The van der Waals surface area contributed by atoms with Crippen molar-refractivity contribution in [1.29, 1.82) is 0 Å². The largest absolute Gasteiger partial charge is 0.383 e. The molecule has 2 aromatic carbocycles. The Morgan fingerprint density at radius 1 is 1.10 bits per heavy atom. The Labute approximate surface area is 179 Å². The first kappa shape index (κ1) is 21.1. The van der Waals surface area contributed by atoms with E-state index in [9.17, 15) is 9.59 Å². The molecule has 0 atom stereocenters. The van der Waals surface area contributed by atoms with E-state index < -0.39 is 11.2 Å². The first-order valence-corrected chi connectivity index (χ1v) is 9.78. The quantitative estimate of drug-likeness (QED) is 0.400. The first-order valence-electron chi connectivity index (χ1n) is 9.38. The molecule has 0 bridgehead atoms. The Morgan fingerprint density at radius 3 is 2.30 bits per heavy atom. The summed E-state index contributed by atoms with van der Waals surface area (Å²) in [6, 6.07) is 19.0. The third kappa shape index (κ3) is 4.84. The molecule has 0 aliphatic rings. The van der Waals surface area contributed by atoms with Gasteiger partial charge in [0.2, 0.25) is 0 Å². The fourth-order valence-electron chi connectivity index (χ4n) is 3.03. The zero-order chi connectivity index (χ0) is 21.5. The van der Waals surface area contributed by atoms with E-state index >= 15 is 0 Å². The van der Waals surface area contributed by atoms with Gasteiger partial charge in [0.15, 0.2) is 10.8 Å². The lowest BCUT2D eigenvalue weighted by atomic mass is 10.2. The van der Waals surface area contributed by atoms with Gasteiger partial charge in [-0.1, -0.05) is 66.7 Å². The fraction of sp³-hybridized carbons (Fsp3) is 0.136. The normalized spacial score (nSPS) is 10.4. The average Bonchev–Trinajstić information content (AvgIpc) is 2.75. The predicted molar refractivity (Wildman–Crippen MR) is 125 cm³/mol. The Balaban J connectivity index is 2.08. The van der Waals surface area contributed by atoms with Crippen LogP contribution in [0.3, 0.4) is 0 Å². The molecule has 0 aliphatic carbocycles. The molecule has 0 amide bonds. The van der Waals surface area contributed by atoms with Crippen LogP contribution in [0.25, 0.3) is 0 Å². The van der Waals surface area contributed by atoms with Crippen molar-refractivity contribution < 1.29 is 0 Å². The van der Waals surface area contributed by atoms with Gasteiger partial charge in [0, 0.05) is 6.54 Å². The highest BCUT2D eigenvalue weighted by molar-refractivity contribution is 7.80. The maximum atomic E-state index is 12.8. The van der Waals surface area contributed by atoms with Crippen LogP contribution in [0.15, 0.2) is 82.9 Å². The molecule has 0 saturated heterocycles. The second kappa shape index (κ2) is 9.71. The molecule has 7 nitrogen and oxygen atoms in total. The van der Waals surface area contributed by atoms with Gasteiger partial charge in [0.25, 0.3) is 5.56 Å². The Bertz CT molecular complexity index is 1140. The molecule has 0 spiro atoms. The third-order valence-electron chi connectivity index (χ3n) is 4.49. The molecule has 154 valence electrons. The summed E-state index contributed by atoms with van der Waals surface area (Å²) in [6.07, 6.45) is 1.66. The van der Waals surface area contributed by atoms with E-state index in [1.54, 1.807) is 11.0 Å². The number of hydrogen-bond donors (Lipinski definition) is 3. The van der Waals surface area contributed by atoms with Crippen LogP contribution in [-0.4, -0.2) is 21.2 Å². The van der Waals surface area contributed by atoms with E-state index in [1.165, 1.54) is 4.57 Å². The number of nitrogens with one attached hydrogen (secondary N) is 2. The number of H-pyrrole nitrogens is 1. The van der Waals surface area contributed by atoms with Gasteiger partial charge in [-0.05, 0) is 23.3 Å². The van der Waals surface area contributed by atoms with Crippen molar-refractivity contribution in [2.75, 3.05) is 17.2 Å². The number of rotatable bonds is 7. The van der Waals surface area contributed by atoms with Crippen LogP contribution in [-0.2, 0) is 13.1 Å². The van der Waals surface area contributed by atoms with Gasteiger partial charge in [0.1, 0.15) is 5.82 Å². The van der Waals surface area contributed by atoms with Gasteiger partial charge in [0.05, 0.1) is 13.1 Å². The lowest BCUT2D eigenvalue weighted by Gasteiger charge is -2.27. The molecule has 3 rings (SSSR count). The van der Waals surface area contributed by atoms with Gasteiger partial charge in [-0.25, -0.2) is 4.79 Å². The first-order chi connectivity index (χ1) is 14.5. The maximum absolute atomic E-state index is 12.8. The van der Waals surface area contributed by atoms with Crippen molar-refractivity contribution in [3.05, 3.63) is 105 Å². The summed E-state index contributed by atoms with van der Waals surface area (Å²) >= 11 is 5.52. The molecule has 0 aliphatic heterocycles. The molecule has 8 heteroatoms. The van der Waals surface area contributed by atoms with Gasteiger partial charge < -0.3 is 16.0 Å². The predicted octanol–water partition coefficient (Wildman–Crippen LogP) is 2.23. The number of nitrogens with zero attached hydrogens (tertiary/aromatic N) is 2. The Morgan fingerprint density at radius 2 is 1.70 bits per heavy atom. The van der Waals surface area contributed by atoms with E-state index in [0.29, 0.717) is 18.2 Å². The highest BCUT2D eigenvalue weighted by Gasteiger charge is 2.22. The Kier molecular flexibility index (Phi) is 6.82. The number of nitrogens with two attached hydrogens (primary N) is 1. The van der Waals surface area contributed by atoms with Crippen LogP contribution >= 0.6 is 12.2 Å². The minimum absolute atomic E-state index is 0.0475. The number of aromatic nitrogens is 2. The molecule has 4 N–H and O–H groups in total. The lowest BCUT2D eigenvalue weighted by Crippen LogP contribution is -2.45. The molecule has 1 heterocycles. The summed E-state index contributed by atoms with van der Waals surface area (Å²) in [5.41, 5.74) is 7.11. The molecule has 0 unspecified atom stereocenters. The van der Waals surface area contributed by atoms with Crippen LogP contribution in [0.5, 0.6) is 0 Å². The number of nitrogen functional groups attached to an aromatic ring is 1. The van der Waals surface area contributed by atoms with Crippen molar-refractivity contribution >= 4 is 28.8 Å². The summed E-state index contributed by atoms with van der Waals surface area (Å²) in [7, 11) is 0. The van der Waals surface area contributed by atoms with Crippen molar-refractivity contribution in [2.24, 2.45) is 0 Å². The Hall–Kier alpha value is -3.65. The van der Waals surface area contributed by atoms with Crippen LogP contribution < -0.4 is 27.2 Å². The van der Waals surface area contributed by atoms with Crippen molar-refractivity contribution in [1.82, 2.24) is 14.9 Å². The average molecular weight is 422 g/mol. The molecule has 0 radical (unpaired) electrons. The summed E-state index contributed by atoms with van der Waals surface area (Å²) in [5, 5.41) is 3.34. The third-order valence-corrected chi connectivity index (χ3v) is 4.86. The molecule has 0 fully saturated rings. The lowest BCUT2D eigenvalue weighted by molar-refractivity contribution is 0.729. The molecular weight excluding hydrogens is 398 g/mol. The van der Waals surface area contributed by atoms with Crippen LogP contribution in [0, 0.1) is 0 Å². The molecule has 1 aromatic heterocycles. The monoisotopic (exact) mass is 421 g/mol. The number of thiocarbonyl (C=S) groups is 1. The summed E-state index contributed by atoms with van der Waals surface area (Å²) < 4.78 is 1.33. The second-order valence-corrected chi connectivity index (χ2v) is 7.00. The maximum Gasteiger partial charge on any atom is 0.330 e. The van der Waals surface area contributed by atoms with E-state index in [1.807, 2.05) is 60.7 Å². The number of hydrogen-bond acceptors (Lipinski definition) is 4. The number of benzene rings is 2. The number of aromatic amines is 1. The minimum Gasteiger partial charge on any atom is -0.383 e. The van der Waals surface area contributed by atoms with E-state index in [2.05, 4.69) is 16.9 Å². The second-order valence-electron chi connectivity index (χ2n) is 6.61. The van der Waals surface area contributed by atoms with Gasteiger partial charge in [-0.3, -0.25) is 14.3 Å². The molecule has 0 saturated carbocycles. The topological polar surface area (TPSA) is 96.2 Å². The zero-order valence-corrected chi connectivity index (χ0v) is 17.2. The minimum atomic E-state index is -0.597. The summed E-state index contributed by atoms with van der Waals surface area (Å²) in [6.45, 7) is 4.63. The van der Waals surface area contributed by atoms with Crippen molar-refractivity contribution in [3.63, 3.8) is 0 Å². The molecule has 30 heavy (non-hydrogen) atoms. The van der Waals surface area contributed by atoms with E-state index in [-0.39, 0.29) is 18.1 Å².